The Labute approximate surface area is 153 Å². The molecule has 3 rings (SSSR count). The molecule has 0 spiro atoms. The minimum atomic E-state index is 0.938. The van der Waals surface area contributed by atoms with Crippen LogP contribution in [0.5, 0.6) is 0 Å². The van der Waals surface area contributed by atoms with E-state index in [4.69, 9.17) is 0 Å². The first kappa shape index (κ1) is 16.2. The summed E-state index contributed by atoms with van der Waals surface area (Å²) in [6, 6.07) is 18.5. The van der Waals surface area contributed by atoms with Crippen molar-refractivity contribution < 1.29 is 0 Å². The third kappa shape index (κ3) is 3.65. The molecule has 0 atom stereocenters. The predicted molar refractivity (Wildman–Crippen MR) is 104 cm³/mol. The minimum absolute atomic E-state index is 0.938. The zero-order valence-corrected chi connectivity index (χ0v) is 16.1. The molecular weight excluding hydrogens is 416 g/mol. The zero-order chi connectivity index (χ0) is 16.4. The standard InChI is InChI=1S/C19H16Br2N2/c1-13-10-15(12-22-18-5-3-4-17(21)11-18)14(2)23(13)19-8-6-16(20)7-9-19/h3-12H,1-2H3. The Morgan fingerprint density at radius 2 is 1.65 bits per heavy atom. The van der Waals surface area contributed by atoms with Gasteiger partial charge >= 0.3 is 0 Å². The molecule has 0 aliphatic heterocycles. The van der Waals surface area contributed by atoms with E-state index in [0.717, 1.165) is 25.9 Å². The van der Waals surface area contributed by atoms with Gasteiger partial charge in [-0.2, -0.15) is 0 Å². The van der Waals surface area contributed by atoms with E-state index in [1.165, 1.54) is 11.4 Å². The molecule has 0 N–H and O–H groups in total. The van der Waals surface area contributed by atoms with E-state index < -0.39 is 0 Å². The van der Waals surface area contributed by atoms with Gasteiger partial charge in [-0.3, -0.25) is 4.99 Å². The summed E-state index contributed by atoms with van der Waals surface area (Å²) in [7, 11) is 0. The van der Waals surface area contributed by atoms with Crippen LogP contribution in [0.15, 0.2) is 68.5 Å². The molecule has 4 heteroatoms. The van der Waals surface area contributed by atoms with Gasteiger partial charge in [0.25, 0.3) is 0 Å². The van der Waals surface area contributed by atoms with Crippen molar-refractivity contribution in [3.05, 3.63) is 80.5 Å². The van der Waals surface area contributed by atoms with Gasteiger partial charge in [0.15, 0.2) is 0 Å². The second-order valence-electron chi connectivity index (χ2n) is 5.38. The number of aryl methyl sites for hydroxylation is 1. The monoisotopic (exact) mass is 430 g/mol. The topological polar surface area (TPSA) is 17.3 Å². The van der Waals surface area contributed by atoms with Crippen LogP contribution in [0, 0.1) is 13.8 Å². The van der Waals surface area contributed by atoms with Crippen molar-refractivity contribution in [1.82, 2.24) is 4.57 Å². The van der Waals surface area contributed by atoms with Crippen molar-refractivity contribution in [3.63, 3.8) is 0 Å². The second kappa shape index (κ2) is 6.85. The summed E-state index contributed by atoms with van der Waals surface area (Å²) in [6.45, 7) is 4.24. The van der Waals surface area contributed by atoms with Gasteiger partial charge in [0, 0.05) is 37.8 Å². The summed E-state index contributed by atoms with van der Waals surface area (Å²) >= 11 is 6.96. The van der Waals surface area contributed by atoms with Gasteiger partial charge in [-0.05, 0) is 62.4 Å². The highest BCUT2D eigenvalue weighted by atomic mass is 79.9. The molecule has 0 fully saturated rings. The maximum absolute atomic E-state index is 4.58. The van der Waals surface area contributed by atoms with Gasteiger partial charge in [0.2, 0.25) is 0 Å². The number of hydrogen-bond donors (Lipinski definition) is 0. The number of aliphatic imine (C=N–C) groups is 1. The highest BCUT2D eigenvalue weighted by Crippen LogP contribution is 2.23. The number of nitrogens with zero attached hydrogens (tertiary/aromatic N) is 2. The van der Waals surface area contributed by atoms with Crippen LogP contribution in [-0.4, -0.2) is 10.8 Å². The fraction of sp³-hybridized carbons (Fsp3) is 0.105. The Balaban J connectivity index is 1.96. The maximum atomic E-state index is 4.58. The van der Waals surface area contributed by atoms with E-state index in [9.17, 15) is 0 Å². The molecule has 0 saturated carbocycles. The first-order valence-corrected chi connectivity index (χ1v) is 8.88. The van der Waals surface area contributed by atoms with Crippen LogP contribution >= 0.6 is 31.9 Å². The first-order valence-electron chi connectivity index (χ1n) is 7.29. The molecule has 0 unspecified atom stereocenters. The van der Waals surface area contributed by atoms with Crippen LogP contribution in [0.1, 0.15) is 17.0 Å². The first-order chi connectivity index (χ1) is 11.0. The predicted octanol–water partition coefficient (Wildman–Crippen LogP) is 6.37. The number of benzene rings is 2. The average molecular weight is 432 g/mol. The Morgan fingerprint density at radius 1 is 0.913 bits per heavy atom. The summed E-state index contributed by atoms with van der Waals surface area (Å²) in [5.41, 5.74) is 5.60. The molecule has 23 heavy (non-hydrogen) atoms. The Bertz CT molecular complexity index is 862. The largest absolute Gasteiger partial charge is 0.318 e. The molecule has 0 amide bonds. The van der Waals surface area contributed by atoms with E-state index in [1.54, 1.807) is 0 Å². The molecule has 0 saturated heterocycles. The van der Waals surface area contributed by atoms with Gasteiger partial charge in [0.1, 0.15) is 0 Å². The minimum Gasteiger partial charge on any atom is -0.318 e. The van der Waals surface area contributed by atoms with Crippen LogP contribution in [0.25, 0.3) is 5.69 Å². The lowest BCUT2D eigenvalue weighted by Crippen LogP contribution is -1.99. The van der Waals surface area contributed by atoms with Crippen LogP contribution in [0.2, 0.25) is 0 Å². The van der Waals surface area contributed by atoms with Gasteiger partial charge in [-0.15, -0.1) is 0 Å². The molecule has 1 heterocycles. The second-order valence-corrected chi connectivity index (χ2v) is 7.21. The Morgan fingerprint density at radius 3 is 2.35 bits per heavy atom. The summed E-state index contributed by atoms with van der Waals surface area (Å²) < 4.78 is 4.36. The lowest BCUT2D eigenvalue weighted by Gasteiger charge is -2.09. The Kier molecular flexibility index (Phi) is 4.83. The van der Waals surface area contributed by atoms with Crippen molar-refractivity contribution in [2.75, 3.05) is 0 Å². The summed E-state index contributed by atoms with van der Waals surface area (Å²) in [6.07, 6.45) is 1.93. The molecule has 116 valence electrons. The van der Waals surface area contributed by atoms with Gasteiger partial charge in [-0.1, -0.05) is 37.9 Å². The zero-order valence-electron chi connectivity index (χ0n) is 12.9. The summed E-state index contributed by atoms with van der Waals surface area (Å²) in [4.78, 5) is 4.58. The lowest BCUT2D eigenvalue weighted by molar-refractivity contribution is 0.964. The third-order valence-corrected chi connectivity index (χ3v) is 4.74. The number of halogens is 2. The van der Waals surface area contributed by atoms with E-state index in [2.05, 4.69) is 85.6 Å². The average Bonchev–Trinajstić information content (AvgIpc) is 2.81. The van der Waals surface area contributed by atoms with Gasteiger partial charge < -0.3 is 4.57 Å². The molecule has 0 bridgehead atoms. The van der Waals surface area contributed by atoms with E-state index in [1.807, 2.05) is 30.5 Å². The highest BCUT2D eigenvalue weighted by molar-refractivity contribution is 9.10. The quantitative estimate of drug-likeness (QED) is 0.428. The molecule has 0 radical (unpaired) electrons. The number of hydrogen-bond acceptors (Lipinski definition) is 1. The van der Waals surface area contributed by atoms with Crippen LogP contribution in [0.4, 0.5) is 5.69 Å². The van der Waals surface area contributed by atoms with Gasteiger partial charge in [-0.25, -0.2) is 0 Å². The molecule has 2 nitrogen and oxygen atoms in total. The molecule has 0 aliphatic rings. The highest BCUT2D eigenvalue weighted by Gasteiger charge is 2.09. The summed E-state index contributed by atoms with van der Waals surface area (Å²) in [5, 5.41) is 0. The summed E-state index contributed by atoms with van der Waals surface area (Å²) in [5.74, 6) is 0. The fourth-order valence-electron chi connectivity index (χ4n) is 2.61. The maximum Gasteiger partial charge on any atom is 0.0641 e. The Hall–Kier alpha value is -1.65. The molecule has 2 aromatic carbocycles. The molecular formula is C19H16Br2N2. The van der Waals surface area contributed by atoms with Crippen LogP contribution in [-0.2, 0) is 0 Å². The third-order valence-electron chi connectivity index (χ3n) is 3.72. The molecule has 1 aromatic heterocycles. The number of aromatic nitrogens is 1. The molecule has 3 aromatic rings. The lowest BCUT2D eigenvalue weighted by atomic mass is 10.2. The van der Waals surface area contributed by atoms with E-state index in [-0.39, 0.29) is 0 Å². The smallest absolute Gasteiger partial charge is 0.0641 e. The van der Waals surface area contributed by atoms with Gasteiger partial charge in [0.05, 0.1) is 5.69 Å². The fourth-order valence-corrected chi connectivity index (χ4v) is 3.26. The molecule has 0 aliphatic carbocycles. The van der Waals surface area contributed by atoms with Crippen molar-refractivity contribution in [3.8, 4) is 5.69 Å². The van der Waals surface area contributed by atoms with E-state index in [0.29, 0.717) is 0 Å². The SMILES string of the molecule is Cc1cc(C=Nc2cccc(Br)c2)c(C)n1-c1ccc(Br)cc1. The normalized spacial score (nSPS) is 11.3. The van der Waals surface area contributed by atoms with Crippen molar-refractivity contribution >= 4 is 43.8 Å². The van der Waals surface area contributed by atoms with E-state index >= 15 is 0 Å². The number of rotatable bonds is 3. The van der Waals surface area contributed by atoms with Crippen molar-refractivity contribution in [1.29, 1.82) is 0 Å². The van der Waals surface area contributed by atoms with Crippen LogP contribution in [0.3, 0.4) is 0 Å². The van der Waals surface area contributed by atoms with Crippen molar-refractivity contribution in [2.24, 2.45) is 4.99 Å². The van der Waals surface area contributed by atoms with Crippen molar-refractivity contribution in [2.45, 2.75) is 13.8 Å². The van der Waals surface area contributed by atoms with Crippen LogP contribution < -0.4 is 0 Å².